The summed E-state index contributed by atoms with van der Waals surface area (Å²) < 4.78 is 75.7. The Bertz CT molecular complexity index is 1690. The Morgan fingerprint density at radius 2 is 1.67 bits per heavy atom. The first-order valence-electron chi connectivity index (χ1n) is 12.9. The van der Waals surface area contributed by atoms with E-state index in [-0.39, 0.29) is 26.5 Å². The van der Waals surface area contributed by atoms with Gasteiger partial charge in [-0.15, -0.1) is 0 Å². The van der Waals surface area contributed by atoms with Crippen molar-refractivity contribution in [1.29, 1.82) is 0 Å². The van der Waals surface area contributed by atoms with Crippen molar-refractivity contribution in [3.05, 3.63) is 86.6 Å². The first kappa shape index (κ1) is 25.6. The maximum atomic E-state index is 15.8. The van der Waals surface area contributed by atoms with Gasteiger partial charge in [-0.1, -0.05) is 6.07 Å². The quantitative estimate of drug-likeness (QED) is 0.426. The molecule has 0 saturated carbocycles. The van der Waals surface area contributed by atoms with Gasteiger partial charge in [0.25, 0.3) is 0 Å². The van der Waals surface area contributed by atoms with Crippen LogP contribution in [0, 0.1) is 24.4 Å². The number of rotatable bonds is 3. The van der Waals surface area contributed by atoms with E-state index in [2.05, 4.69) is 9.48 Å². The molecular weight excluding hydrogens is 529 g/mol. The van der Waals surface area contributed by atoms with Crippen LogP contribution in [0.4, 0.5) is 18.9 Å². The number of hydrogen-bond acceptors (Lipinski definition) is 4. The second kappa shape index (κ2) is 9.22. The SMILES string of the molecule is Cc1c(F)c(F)c(C(=O)O)c(C2=C3C=CC(=[N+]4CCCC4)C=C3S(=O)(=O)c3cc(N4CCCC4)ccc32)c1F. The molecule has 2 saturated heterocycles. The summed E-state index contributed by atoms with van der Waals surface area (Å²) in [6, 6.07) is 4.73. The zero-order chi connectivity index (χ0) is 27.6. The summed E-state index contributed by atoms with van der Waals surface area (Å²) in [7, 11) is -4.13. The summed E-state index contributed by atoms with van der Waals surface area (Å²) in [6.45, 7) is 4.05. The molecule has 39 heavy (non-hydrogen) atoms. The number of sulfone groups is 1. The molecule has 202 valence electrons. The Kier molecular flexibility index (Phi) is 6.05. The van der Waals surface area contributed by atoms with Gasteiger partial charge in [0.15, 0.2) is 11.6 Å². The van der Waals surface area contributed by atoms with E-state index >= 15 is 8.78 Å². The standard InChI is InChI=1S/C29H25F3N2O4S/c1-16-26(30)24(25(29(35)36)28(32)27(16)31)23-19-8-6-17(33-10-2-3-11-33)14-21(19)39(37,38)22-15-18(7-9-20(22)23)34-12-4-5-13-34/h6-9,14-15H,2-5,10-13H2,1H3/p+1. The van der Waals surface area contributed by atoms with Crippen LogP contribution in [-0.2, 0) is 9.84 Å². The van der Waals surface area contributed by atoms with Crippen molar-refractivity contribution < 1.29 is 36.1 Å². The van der Waals surface area contributed by atoms with Gasteiger partial charge in [0, 0.05) is 71.6 Å². The van der Waals surface area contributed by atoms with Crippen LogP contribution in [0.15, 0.2) is 51.8 Å². The van der Waals surface area contributed by atoms with Gasteiger partial charge >= 0.3 is 5.97 Å². The van der Waals surface area contributed by atoms with E-state index in [1.54, 1.807) is 12.1 Å². The molecular formula is C29H26F3N2O4S+. The summed E-state index contributed by atoms with van der Waals surface area (Å²) in [4.78, 5) is 14.0. The zero-order valence-corrected chi connectivity index (χ0v) is 22.0. The molecule has 4 aliphatic rings. The largest absolute Gasteiger partial charge is 0.478 e. The fourth-order valence-electron chi connectivity index (χ4n) is 5.97. The first-order valence-corrected chi connectivity index (χ1v) is 14.4. The van der Waals surface area contributed by atoms with Crippen LogP contribution >= 0.6 is 0 Å². The van der Waals surface area contributed by atoms with Crippen LogP contribution in [0.25, 0.3) is 5.57 Å². The van der Waals surface area contributed by atoms with Crippen molar-refractivity contribution in [2.45, 2.75) is 37.5 Å². The molecule has 0 amide bonds. The van der Waals surface area contributed by atoms with Gasteiger partial charge in [-0.05, 0) is 38.0 Å². The maximum absolute atomic E-state index is 15.8. The van der Waals surface area contributed by atoms with Gasteiger partial charge < -0.3 is 10.0 Å². The van der Waals surface area contributed by atoms with E-state index in [1.807, 2.05) is 0 Å². The highest BCUT2D eigenvalue weighted by Crippen LogP contribution is 2.48. The lowest BCUT2D eigenvalue weighted by Crippen LogP contribution is -2.25. The van der Waals surface area contributed by atoms with Crippen molar-refractivity contribution in [1.82, 2.24) is 0 Å². The molecule has 6 rings (SSSR count). The molecule has 0 unspecified atom stereocenters. The summed E-state index contributed by atoms with van der Waals surface area (Å²) in [6.07, 6.45) is 8.58. The number of allylic oxidation sites excluding steroid dienone is 4. The number of carboxylic acids is 1. The molecule has 6 nitrogen and oxygen atoms in total. The number of halogens is 3. The lowest BCUT2D eigenvalue weighted by atomic mass is 9.85. The molecule has 0 bridgehead atoms. The smallest absolute Gasteiger partial charge is 0.339 e. The minimum absolute atomic E-state index is 0.0474. The van der Waals surface area contributed by atoms with Gasteiger partial charge in [-0.25, -0.2) is 31.0 Å². The molecule has 2 fully saturated rings. The molecule has 0 radical (unpaired) electrons. The topological polar surface area (TPSA) is 77.7 Å². The van der Waals surface area contributed by atoms with E-state index in [0.29, 0.717) is 11.4 Å². The third-order valence-electron chi connectivity index (χ3n) is 7.99. The van der Waals surface area contributed by atoms with Crippen LogP contribution in [0.3, 0.4) is 0 Å². The molecule has 10 heteroatoms. The number of aromatic carboxylic acids is 1. The summed E-state index contributed by atoms with van der Waals surface area (Å²) in [5, 5.41) is 9.87. The third-order valence-corrected chi connectivity index (χ3v) is 9.83. The second-order valence-corrected chi connectivity index (χ2v) is 12.1. The molecule has 3 heterocycles. The highest BCUT2D eigenvalue weighted by molar-refractivity contribution is 7.95. The summed E-state index contributed by atoms with van der Waals surface area (Å²) in [5.74, 6) is -6.38. The van der Waals surface area contributed by atoms with Crippen LogP contribution in [0.1, 0.15) is 52.7 Å². The van der Waals surface area contributed by atoms with E-state index in [1.165, 1.54) is 24.3 Å². The number of carboxylic acid groups (broad SMARTS) is 1. The van der Waals surface area contributed by atoms with Gasteiger partial charge in [-0.2, -0.15) is 0 Å². The molecule has 1 aliphatic carbocycles. The van der Waals surface area contributed by atoms with Crippen LogP contribution in [0.2, 0.25) is 0 Å². The van der Waals surface area contributed by atoms with Gasteiger partial charge in [0.2, 0.25) is 15.5 Å². The highest BCUT2D eigenvalue weighted by Gasteiger charge is 2.41. The number of hydrogen-bond donors (Lipinski definition) is 1. The molecule has 0 atom stereocenters. The number of anilines is 1. The first-order chi connectivity index (χ1) is 18.6. The predicted molar refractivity (Wildman–Crippen MR) is 141 cm³/mol. The van der Waals surface area contributed by atoms with E-state index < -0.39 is 49.9 Å². The minimum atomic E-state index is -4.13. The average Bonchev–Trinajstić information content (AvgIpc) is 3.65. The molecule has 3 aliphatic heterocycles. The number of carbonyl (C=O) groups is 1. The predicted octanol–water partition coefficient (Wildman–Crippen LogP) is 5.00. The van der Waals surface area contributed by atoms with Crippen molar-refractivity contribution in [3.8, 4) is 0 Å². The fourth-order valence-corrected chi connectivity index (χ4v) is 7.68. The third kappa shape index (κ3) is 3.87. The van der Waals surface area contributed by atoms with Crippen LogP contribution < -0.4 is 4.90 Å². The zero-order valence-electron chi connectivity index (χ0n) is 21.2. The molecule has 2 aromatic rings. The summed E-state index contributed by atoms with van der Waals surface area (Å²) >= 11 is 0. The van der Waals surface area contributed by atoms with E-state index in [0.717, 1.165) is 58.8 Å². The lowest BCUT2D eigenvalue weighted by Gasteiger charge is -2.29. The Morgan fingerprint density at radius 1 is 0.974 bits per heavy atom. The lowest BCUT2D eigenvalue weighted by molar-refractivity contribution is -0.504. The summed E-state index contributed by atoms with van der Waals surface area (Å²) in [5.41, 5.74) is -1.17. The van der Waals surface area contributed by atoms with E-state index in [9.17, 15) is 22.7 Å². The fraction of sp³-hybridized carbons (Fsp3) is 0.310. The van der Waals surface area contributed by atoms with Crippen LogP contribution in [-0.4, -0.2) is 56.0 Å². The van der Waals surface area contributed by atoms with Crippen molar-refractivity contribution >= 4 is 32.8 Å². The van der Waals surface area contributed by atoms with Gasteiger partial charge in [0.05, 0.1) is 9.80 Å². The Morgan fingerprint density at radius 3 is 2.33 bits per heavy atom. The normalized spacial score (nSPS) is 19.9. The average molecular weight is 556 g/mol. The van der Waals surface area contributed by atoms with Crippen LogP contribution in [0.5, 0.6) is 0 Å². The minimum Gasteiger partial charge on any atom is -0.478 e. The Hall–Kier alpha value is -3.66. The van der Waals surface area contributed by atoms with Crippen molar-refractivity contribution in [3.63, 3.8) is 0 Å². The number of fused-ring (bicyclic) bond motifs is 2. The molecule has 1 N–H and O–H groups in total. The molecule has 2 aromatic carbocycles. The Balaban J connectivity index is 1.72. The molecule has 0 spiro atoms. The van der Waals surface area contributed by atoms with Crippen molar-refractivity contribution in [2.24, 2.45) is 0 Å². The Labute approximate surface area is 224 Å². The highest BCUT2D eigenvalue weighted by atomic mass is 32.2. The number of benzene rings is 2. The van der Waals surface area contributed by atoms with E-state index in [4.69, 9.17) is 0 Å². The number of nitrogens with zero attached hydrogens (tertiary/aromatic N) is 2. The monoisotopic (exact) mass is 555 g/mol. The van der Waals surface area contributed by atoms with Gasteiger partial charge in [-0.3, -0.25) is 0 Å². The second-order valence-electron chi connectivity index (χ2n) is 10.2. The maximum Gasteiger partial charge on any atom is 0.339 e. The van der Waals surface area contributed by atoms with Gasteiger partial charge in [0.1, 0.15) is 24.5 Å². The van der Waals surface area contributed by atoms with Crippen molar-refractivity contribution in [2.75, 3.05) is 31.1 Å². The molecule has 0 aromatic heterocycles.